The molecule has 0 unspecified atom stereocenters. The second-order valence-electron chi connectivity index (χ2n) is 3.00. The van der Waals surface area contributed by atoms with Crippen LogP contribution in [0.3, 0.4) is 0 Å². The molecule has 0 saturated carbocycles. The lowest BCUT2D eigenvalue weighted by molar-refractivity contribution is 0.355. The van der Waals surface area contributed by atoms with Gasteiger partial charge in [0.25, 0.3) is 0 Å². The van der Waals surface area contributed by atoms with Gasteiger partial charge in [-0.3, -0.25) is 4.99 Å². The highest BCUT2D eigenvalue weighted by Gasteiger charge is 2.03. The maximum atomic E-state index is 5.17. The maximum absolute atomic E-state index is 5.17. The first kappa shape index (κ1) is 11.3. The van der Waals surface area contributed by atoms with Gasteiger partial charge in [-0.25, -0.2) is 0 Å². The highest BCUT2D eigenvalue weighted by atomic mass is 16.5. The molecule has 0 aliphatic heterocycles. The first-order chi connectivity index (χ1) is 7.21. The van der Waals surface area contributed by atoms with Gasteiger partial charge in [0.2, 0.25) is 0 Å². The number of methoxy groups -OCH3 is 2. The van der Waals surface area contributed by atoms with Gasteiger partial charge < -0.3 is 9.47 Å². The summed E-state index contributed by atoms with van der Waals surface area (Å²) >= 11 is 0. The van der Waals surface area contributed by atoms with E-state index in [1.807, 2.05) is 25.1 Å². The maximum Gasteiger partial charge on any atom is 0.162 e. The Morgan fingerprint density at radius 2 is 1.93 bits per heavy atom. The van der Waals surface area contributed by atoms with Crippen LogP contribution in [0.5, 0.6) is 11.5 Å². The van der Waals surface area contributed by atoms with Crippen LogP contribution in [0.4, 0.5) is 5.69 Å². The number of benzene rings is 1. The molecule has 0 aliphatic rings. The summed E-state index contributed by atoms with van der Waals surface area (Å²) in [5.41, 5.74) is 1.69. The summed E-state index contributed by atoms with van der Waals surface area (Å²) in [6.45, 7) is 5.54. The van der Waals surface area contributed by atoms with Crippen molar-refractivity contribution in [2.45, 2.75) is 6.92 Å². The van der Waals surface area contributed by atoms with Gasteiger partial charge in [0.05, 0.1) is 19.9 Å². The molecule has 1 rings (SSSR count). The molecule has 3 nitrogen and oxygen atoms in total. The molecule has 0 N–H and O–H groups in total. The van der Waals surface area contributed by atoms with Gasteiger partial charge in [-0.1, -0.05) is 6.58 Å². The lowest BCUT2D eigenvalue weighted by Gasteiger charge is -2.07. The summed E-state index contributed by atoms with van der Waals surface area (Å²) in [6, 6.07) is 5.52. The quantitative estimate of drug-likeness (QED) is 0.707. The summed E-state index contributed by atoms with van der Waals surface area (Å²) in [4.78, 5) is 4.32. The van der Waals surface area contributed by atoms with Crippen LogP contribution in [0, 0.1) is 0 Å². The summed E-state index contributed by atoms with van der Waals surface area (Å²) in [5, 5.41) is 0. The van der Waals surface area contributed by atoms with Crippen LogP contribution in [-0.2, 0) is 0 Å². The van der Waals surface area contributed by atoms with Gasteiger partial charge in [-0.2, -0.15) is 0 Å². The number of rotatable bonds is 4. The first-order valence-electron chi connectivity index (χ1n) is 4.61. The van der Waals surface area contributed by atoms with Gasteiger partial charge in [-0.05, 0) is 25.1 Å². The van der Waals surface area contributed by atoms with Gasteiger partial charge >= 0.3 is 0 Å². The third kappa shape index (κ3) is 2.84. The molecule has 1 aromatic rings. The smallest absolute Gasteiger partial charge is 0.162 e. The Morgan fingerprint density at radius 3 is 2.47 bits per heavy atom. The number of allylic oxidation sites excluding steroid dienone is 1. The molecule has 3 heteroatoms. The molecule has 0 fully saturated rings. The lowest BCUT2D eigenvalue weighted by Crippen LogP contribution is -1.89. The molecule has 0 amide bonds. The van der Waals surface area contributed by atoms with E-state index < -0.39 is 0 Å². The van der Waals surface area contributed by atoms with Crippen LogP contribution in [0.15, 0.2) is 35.8 Å². The topological polar surface area (TPSA) is 30.8 Å². The summed E-state index contributed by atoms with van der Waals surface area (Å²) in [5.74, 6) is 1.38. The Labute approximate surface area is 90.1 Å². The normalized spacial score (nSPS) is 11.0. The van der Waals surface area contributed by atoms with E-state index in [4.69, 9.17) is 9.47 Å². The predicted molar refractivity (Wildman–Crippen MR) is 62.5 cm³/mol. The Morgan fingerprint density at radius 1 is 1.27 bits per heavy atom. The molecular weight excluding hydrogens is 190 g/mol. The number of hydrogen-bond donors (Lipinski definition) is 0. The minimum absolute atomic E-state index is 0.676. The molecule has 15 heavy (non-hydrogen) atoms. The van der Waals surface area contributed by atoms with Crippen molar-refractivity contribution >= 4 is 11.4 Å². The van der Waals surface area contributed by atoms with Crippen molar-refractivity contribution in [2.75, 3.05) is 14.2 Å². The Bertz CT molecular complexity index is 383. The fraction of sp³-hybridized carbons (Fsp3) is 0.250. The van der Waals surface area contributed by atoms with E-state index in [1.165, 1.54) is 0 Å². The van der Waals surface area contributed by atoms with Crippen LogP contribution in [0.2, 0.25) is 0 Å². The van der Waals surface area contributed by atoms with Crippen molar-refractivity contribution in [3.63, 3.8) is 0 Å². The molecule has 0 aliphatic carbocycles. The molecule has 0 atom stereocenters. The largest absolute Gasteiger partial charge is 0.493 e. The Hall–Kier alpha value is -1.77. The lowest BCUT2D eigenvalue weighted by atomic mass is 10.2. The van der Waals surface area contributed by atoms with Crippen LogP contribution >= 0.6 is 0 Å². The fourth-order valence-electron chi connectivity index (χ4n) is 1.14. The van der Waals surface area contributed by atoms with Gasteiger partial charge in [-0.15, -0.1) is 0 Å². The Balaban J connectivity index is 3.08. The average Bonchev–Trinajstić information content (AvgIpc) is 2.28. The third-order valence-corrected chi connectivity index (χ3v) is 1.97. The predicted octanol–water partition coefficient (Wildman–Crippen LogP) is 2.98. The second kappa shape index (κ2) is 5.20. The summed E-state index contributed by atoms with van der Waals surface area (Å²) in [7, 11) is 3.21. The standard InChI is InChI=1S/C12H15NO2/c1-5-9(2)13-10-6-7-11(14-3)12(8-10)15-4/h5-8H,1H2,2-4H3. The van der Waals surface area contributed by atoms with Crippen LogP contribution in [0.1, 0.15) is 6.92 Å². The number of aliphatic imine (C=N–C) groups is 1. The number of ether oxygens (including phenoxy) is 2. The average molecular weight is 205 g/mol. The molecule has 0 radical (unpaired) electrons. The van der Waals surface area contributed by atoms with Crippen molar-refractivity contribution < 1.29 is 9.47 Å². The molecule has 0 saturated heterocycles. The second-order valence-corrected chi connectivity index (χ2v) is 3.00. The van der Waals surface area contributed by atoms with Crippen LogP contribution < -0.4 is 9.47 Å². The Kier molecular flexibility index (Phi) is 3.92. The van der Waals surface area contributed by atoms with Crippen molar-refractivity contribution in [1.29, 1.82) is 0 Å². The molecule has 80 valence electrons. The zero-order valence-electron chi connectivity index (χ0n) is 9.28. The summed E-state index contributed by atoms with van der Waals surface area (Å²) < 4.78 is 10.3. The van der Waals surface area contributed by atoms with Crippen molar-refractivity contribution in [3.8, 4) is 11.5 Å². The zero-order valence-corrected chi connectivity index (χ0v) is 9.28. The van der Waals surface area contributed by atoms with Gasteiger partial charge in [0.1, 0.15) is 0 Å². The SMILES string of the molecule is C=CC(C)=Nc1ccc(OC)c(OC)c1. The number of nitrogens with zero attached hydrogens (tertiary/aromatic N) is 1. The fourth-order valence-corrected chi connectivity index (χ4v) is 1.14. The summed E-state index contributed by atoms with van der Waals surface area (Å²) in [6.07, 6.45) is 1.71. The highest BCUT2D eigenvalue weighted by Crippen LogP contribution is 2.31. The minimum atomic E-state index is 0.676. The highest BCUT2D eigenvalue weighted by molar-refractivity contribution is 5.94. The van der Waals surface area contributed by atoms with Gasteiger partial charge in [0, 0.05) is 11.8 Å². The monoisotopic (exact) mass is 205 g/mol. The van der Waals surface area contributed by atoms with E-state index in [9.17, 15) is 0 Å². The molecular formula is C12H15NO2. The van der Waals surface area contributed by atoms with E-state index in [2.05, 4.69) is 11.6 Å². The van der Waals surface area contributed by atoms with Crippen molar-refractivity contribution in [3.05, 3.63) is 30.9 Å². The minimum Gasteiger partial charge on any atom is -0.493 e. The molecule has 1 aromatic carbocycles. The van der Waals surface area contributed by atoms with Crippen molar-refractivity contribution in [2.24, 2.45) is 4.99 Å². The van der Waals surface area contributed by atoms with Crippen LogP contribution in [-0.4, -0.2) is 19.9 Å². The van der Waals surface area contributed by atoms with E-state index in [0.717, 1.165) is 11.4 Å². The van der Waals surface area contributed by atoms with E-state index in [1.54, 1.807) is 20.3 Å². The third-order valence-electron chi connectivity index (χ3n) is 1.97. The number of hydrogen-bond acceptors (Lipinski definition) is 3. The van der Waals surface area contributed by atoms with Gasteiger partial charge in [0.15, 0.2) is 11.5 Å². The van der Waals surface area contributed by atoms with E-state index in [0.29, 0.717) is 11.5 Å². The molecule has 0 heterocycles. The van der Waals surface area contributed by atoms with E-state index >= 15 is 0 Å². The molecule has 0 spiro atoms. The molecule has 0 aromatic heterocycles. The molecule has 0 bridgehead atoms. The first-order valence-corrected chi connectivity index (χ1v) is 4.61. The van der Waals surface area contributed by atoms with Crippen LogP contribution in [0.25, 0.3) is 0 Å². The van der Waals surface area contributed by atoms with Crippen molar-refractivity contribution in [1.82, 2.24) is 0 Å². The zero-order chi connectivity index (χ0) is 11.3. The van der Waals surface area contributed by atoms with E-state index in [-0.39, 0.29) is 0 Å².